The largest absolute Gasteiger partial charge is 0.462 e. The summed E-state index contributed by atoms with van der Waals surface area (Å²) in [6.07, 6.45) is 1.44. The first-order chi connectivity index (χ1) is 8.41. The lowest BCUT2D eigenvalue weighted by molar-refractivity contribution is -0.132. The second-order valence-electron chi connectivity index (χ2n) is 4.02. The molecule has 0 N–H and O–H groups in total. The third kappa shape index (κ3) is 1.95. The molecule has 6 heteroatoms. The molecule has 1 aromatic rings. The normalized spacial score (nSPS) is 16.6. The van der Waals surface area contributed by atoms with E-state index in [4.69, 9.17) is 16.6 Å². The summed E-state index contributed by atoms with van der Waals surface area (Å²) in [4.78, 5) is 26.5. The van der Waals surface area contributed by atoms with E-state index in [-0.39, 0.29) is 10.7 Å². The van der Waals surface area contributed by atoms with Crippen molar-refractivity contribution >= 4 is 35.2 Å². The quantitative estimate of drug-likeness (QED) is 0.434. The van der Waals surface area contributed by atoms with Crippen LogP contribution in [0.4, 0.5) is 0 Å². The van der Waals surface area contributed by atoms with Crippen LogP contribution < -0.4 is 0 Å². The third-order valence-electron chi connectivity index (χ3n) is 2.69. The lowest BCUT2D eigenvalue weighted by Gasteiger charge is -2.31. The Balaban J connectivity index is 2.43. The van der Waals surface area contributed by atoms with Gasteiger partial charge < -0.3 is 4.42 Å². The minimum absolute atomic E-state index is 0.0444. The highest BCUT2D eigenvalue weighted by Gasteiger charge is 2.35. The molecule has 1 aliphatic heterocycles. The van der Waals surface area contributed by atoms with E-state index < -0.39 is 11.8 Å². The van der Waals surface area contributed by atoms with Gasteiger partial charge in [0.25, 0.3) is 11.8 Å². The molecule has 1 aromatic heterocycles. The van der Waals surface area contributed by atoms with E-state index in [1.165, 1.54) is 30.0 Å². The first-order valence-corrected chi connectivity index (χ1v) is 5.71. The summed E-state index contributed by atoms with van der Waals surface area (Å²) >= 11 is 4.99. The second-order valence-corrected chi connectivity index (χ2v) is 4.38. The van der Waals surface area contributed by atoms with Crippen LogP contribution in [-0.2, 0) is 9.59 Å². The fourth-order valence-electron chi connectivity index (χ4n) is 1.65. The Morgan fingerprint density at radius 1 is 1.17 bits per heavy atom. The molecule has 0 unspecified atom stereocenters. The third-order valence-corrected chi connectivity index (χ3v) is 3.24. The number of rotatable bonds is 1. The zero-order valence-electron chi connectivity index (χ0n) is 10.3. The van der Waals surface area contributed by atoms with Crippen LogP contribution in [-0.4, -0.2) is 40.8 Å². The lowest BCUT2D eigenvalue weighted by Crippen LogP contribution is -2.52. The summed E-state index contributed by atoms with van der Waals surface area (Å²) in [5, 5.41) is 0.192. The van der Waals surface area contributed by atoms with Crippen molar-refractivity contribution in [3.8, 4) is 0 Å². The summed E-state index contributed by atoms with van der Waals surface area (Å²) in [5.41, 5.74) is 0.0444. The van der Waals surface area contributed by atoms with Gasteiger partial charge in [-0.05, 0) is 37.4 Å². The lowest BCUT2D eigenvalue weighted by atomic mass is 10.1. The number of hydrogen-bond acceptors (Lipinski definition) is 4. The molecule has 1 fully saturated rings. The second kappa shape index (κ2) is 4.38. The van der Waals surface area contributed by atoms with Crippen molar-refractivity contribution in [2.24, 2.45) is 0 Å². The van der Waals surface area contributed by atoms with E-state index in [0.717, 1.165) is 5.76 Å². The molecular weight excluding hydrogens is 252 g/mol. The van der Waals surface area contributed by atoms with E-state index in [0.29, 0.717) is 5.76 Å². The van der Waals surface area contributed by atoms with Crippen molar-refractivity contribution in [2.75, 3.05) is 14.1 Å². The molecule has 0 aliphatic carbocycles. The van der Waals surface area contributed by atoms with Crippen molar-refractivity contribution < 1.29 is 14.0 Å². The van der Waals surface area contributed by atoms with E-state index in [2.05, 4.69) is 0 Å². The van der Waals surface area contributed by atoms with Gasteiger partial charge in [0.05, 0.1) is 0 Å². The number of nitrogens with zero attached hydrogens (tertiary/aromatic N) is 2. The van der Waals surface area contributed by atoms with Crippen molar-refractivity contribution in [3.63, 3.8) is 0 Å². The summed E-state index contributed by atoms with van der Waals surface area (Å²) in [7, 11) is 3.07. The number of aryl methyl sites for hydroxylation is 1. The van der Waals surface area contributed by atoms with Crippen molar-refractivity contribution in [2.45, 2.75) is 6.92 Å². The van der Waals surface area contributed by atoms with Gasteiger partial charge in [-0.1, -0.05) is 0 Å². The highest BCUT2D eigenvalue weighted by Crippen LogP contribution is 2.18. The van der Waals surface area contributed by atoms with Gasteiger partial charge in [-0.3, -0.25) is 19.4 Å². The van der Waals surface area contributed by atoms with Gasteiger partial charge in [-0.15, -0.1) is 0 Å². The molecule has 2 amide bonds. The van der Waals surface area contributed by atoms with E-state index >= 15 is 0 Å². The maximum absolute atomic E-state index is 12.0. The monoisotopic (exact) mass is 264 g/mol. The molecule has 0 radical (unpaired) electrons. The number of carbonyl (C=O) groups is 2. The molecular formula is C12H12N2O3S. The van der Waals surface area contributed by atoms with Crippen LogP contribution >= 0.6 is 12.2 Å². The van der Waals surface area contributed by atoms with Crippen LogP contribution in [0.1, 0.15) is 11.5 Å². The highest BCUT2D eigenvalue weighted by atomic mass is 32.1. The molecule has 1 aliphatic rings. The number of hydrogen-bond donors (Lipinski definition) is 0. The predicted molar refractivity (Wildman–Crippen MR) is 69.6 cm³/mol. The van der Waals surface area contributed by atoms with Gasteiger partial charge in [0.15, 0.2) is 5.11 Å². The smallest absolute Gasteiger partial charge is 0.265 e. The molecule has 94 valence electrons. The van der Waals surface area contributed by atoms with Crippen molar-refractivity contribution in [1.29, 1.82) is 0 Å². The zero-order valence-corrected chi connectivity index (χ0v) is 11.1. The van der Waals surface area contributed by atoms with E-state index in [1.807, 2.05) is 0 Å². The van der Waals surface area contributed by atoms with Crippen LogP contribution in [0.2, 0.25) is 0 Å². The molecule has 2 heterocycles. The van der Waals surface area contributed by atoms with Crippen LogP contribution in [0.5, 0.6) is 0 Å². The zero-order chi connectivity index (χ0) is 13.4. The first kappa shape index (κ1) is 12.5. The number of amides is 2. The van der Waals surface area contributed by atoms with Gasteiger partial charge in [-0.2, -0.15) is 0 Å². The summed E-state index contributed by atoms with van der Waals surface area (Å²) < 4.78 is 5.33. The van der Waals surface area contributed by atoms with Crippen LogP contribution in [0, 0.1) is 6.92 Å². The minimum Gasteiger partial charge on any atom is -0.462 e. The van der Waals surface area contributed by atoms with Gasteiger partial charge in [-0.25, -0.2) is 0 Å². The van der Waals surface area contributed by atoms with Gasteiger partial charge in [0, 0.05) is 14.1 Å². The minimum atomic E-state index is -0.419. The van der Waals surface area contributed by atoms with E-state index in [9.17, 15) is 9.59 Å². The Morgan fingerprint density at radius 3 is 2.17 bits per heavy atom. The van der Waals surface area contributed by atoms with Gasteiger partial charge in [0.2, 0.25) is 0 Å². The van der Waals surface area contributed by atoms with Crippen molar-refractivity contribution in [1.82, 2.24) is 9.80 Å². The molecule has 1 saturated heterocycles. The average molecular weight is 264 g/mol. The number of likely N-dealkylation sites (N-methyl/N-ethyl adjacent to an activating group) is 2. The molecule has 0 aromatic carbocycles. The van der Waals surface area contributed by atoms with E-state index in [1.54, 1.807) is 19.1 Å². The summed E-state index contributed by atoms with van der Waals surface area (Å²) in [5.74, 6) is 0.350. The van der Waals surface area contributed by atoms with Gasteiger partial charge >= 0.3 is 0 Å². The Kier molecular flexibility index (Phi) is 3.04. The van der Waals surface area contributed by atoms with Crippen LogP contribution in [0.15, 0.2) is 22.1 Å². The number of thiocarbonyl (C=S) groups is 1. The fraction of sp³-hybridized carbons (Fsp3) is 0.250. The first-order valence-electron chi connectivity index (χ1n) is 5.30. The Labute approximate surface area is 110 Å². The topological polar surface area (TPSA) is 53.8 Å². The predicted octanol–water partition coefficient (Wildman–Crippen LogP) is 1.19. The highest BCUT2D eigenvalue weighted by molar-refractivity contribution is 7.80. The summed E-state index contributed by atoms with van der Waals surface area (Å²) in [6.45, 7) is 1.79. The van der Waals surface area contributed by atoms with Gasteiger partial charge in [0.1, 0.15) is 17.1 Å². The molecule has 0 atom stereocenters. The standard InChI is InChI=1S/C12H12N2O3S/c1-7-4-5-8(17-7)6-9-10(15)13(2)12(18)14(3)11(9)16/h4-6H,1-3H3. The SMILES string of the molecule is Cc1ccc(C=C2C(=O)N(C)C(=S)N(C)C2=O)o1. The number of furan rings is 1. The maximum Gasteiger partial charge on any atom is 0.265 e. The molecule has 2 rings (SSSR count). The molecule has 0 saturated carbocycles. The average Bonchev–Trinajstić information content (AvgIpc) is 2.75. The summed E-state index contributed by atoms with van der Waals surface area (Å²) in [6, 6.07) is 3.47. The Bertz CT molecular complexity index is 548. The molecule has 0 spiro atoms. The van der Waals surface area contributed by atoms with Crippen LogP contribution in [0.25, 0.3) is 6.08 Å². The molecule has 5 nitrogen and oxygen atoms in total. The Morgan fingerprint density at radius 2 is 1.72 bits per heavy atom. The fourth-order valence-corrected chi connectivity index (χ4v) is 1.81. The maximum atomic E-state index is 12.0. The Hall–Kier alpha value is -1.95. The van der Waals surface area contributed by atoms with Crippen LogP contribution in [0.3, 0.4) is 0 Å². The van der Waals surface area contributed by atoms with Crippen molar-refractivity contribution in [3.05, 3.63) is 29.2 Å². The molecule has 0 bridgehead atoms. The number of carbonyl (C=O) groups excluding carboxylic acids is 2. The molecule has 18 heavy (non-hydrogen) atoms.